The van der Waals surface area contributed by atoms with Gasteiger partial charge < -0.3 is 5.11 Å². The van der Waals surface area contributed by atoms with Crippen molar-refractivity contribution >= 4 is 34.5 Å². The molecular formula is C23H15N3O7. The summed E-state index contributed by atoms with van der Waals surface area (Å²) in [5.41, 5.74) is 0.263. The molecule has 10 nitrogen and oxygen atoms in total. The molecule has 33 heavy (non-hydrogen) atoms. The van der Waals surface area contributed by atoms with Crippen molar-refractivity contribution in [3.8, 4) is 0 Å². The van der Waals surface area contributed by atoms with Crippen molar-refractivity contribution < 1.29 is 24.5 Å². The fourth-order valence-electron chi connectivity index (χ4n) is 3.68. The lowest BCUT2D eigenvalue weighted by Gasteiger charge is -2.25. The molecule has 0 radical (unpaired) electrons. The lowest BCUT2D eigenvalue weighted by Crippen LogP contribution is -2.29. The number of benzene rings is 3. The highest BCUT2D eigenvalue weighted by Gasteiger charge is 2.47. The second-order valence-corrected chi connectivity index (χ2v) is 7.16. The monoisotopic (exact) mass is 445 g/mol. The molecule has 1 N–H and O–H groups in total. The van der Waals surface area contributed by atoms with E-state index in [1.165, 1.54) is 48.5 Å². The third kappa shape index (κ3) is 3.81. The molecule has 1 amide bonds. The zero-order chi connectivity index (χ0) is 23.7. The van der Waals surface area contributed by atoms with Crippen molar-refractivity contribution in [2.24, 2.45) is 0 Å². The first-order valence-electron chi connectivity index (χ1n) is 9.65. The molecule has 10 heteroatoms. The fraction of sp³-hybridized carbons (Fsp3) is 0.0435. The molecule has 0 unspecified atom stereocenters. The largest absolute Gasteiger partial charge is 0.507 e. The minimum Gasteiger partial charge on any atom is -0.507 e. The molecule has 1 saturated heterocycles. The van der Waals surface area contributed by atoms with Crippen LogP contribution in [0, 0.1) is 20.2 Å². The molecule has 0 saturated carbocycles. The van der Waals surface area contributed by atoms with Gasteiger partial charge in [-0.1, -0.05) is 30.3 Å². The van der Waals surface area contributed by atoms with Gasteiger partial charge in [0.25, 0.3) is 23.1 Å². The Morgan fingerprint density at radius 3 is 1.82 bits per heavy atom. The maximum Gasteiger partial charge on any atom is 0.300 e. The molecule has 0 aliphatic carbocycles. The summed E-state index contributed by atoms with van der Waals surface area (Å²) in [5, 5.41) is 33.0. The van der Waals surface area contributed by atoms with Crippen molar-refractivity contribution in [1.29, 1.82) is 0 Å². The molecule has 0 aromatic heterocycles. The number of nitro benzene ring substituents is 2. The number of non-ortho nitro benzene ring substituents is 2. The van der Waals surface area contributed by atoms with Gasteiger partial charge in [0.05, 0.1) is 21.5 Å². The first kappa shape index (κ1) is 21.4. The van der Waals surface area contributed by atoms with E-state index in [0.29, 0.717) is 11.1 Å². The Kier molecular flexibility index (Phi) is 5.41. The van der Waals surface area contributed by atoms with Gasteiger partial charge in [0.2, 0.25) is 0 Å². The average Bonchev–Trinajstić information content (AvgIpc) is 3.09. The number of anilines is 1. The van der Waals surface area contributed by atoms with Crippen LogP contribution >= 0.6 is 0 Å². The number of aliphatic hydroxyl groups is 1. The minimum atomic E-state index is -1.10. The second kappa shape index (κ2) is 8.35. The number of carbonyl (C=O) groups is 2. The summed E-state index contributed by atoms with van der Waals surface area (Å²) in [6, 6.07) is 17.4. The number of carbonyl (C=O) groups excluding carboxylic acids is 2. The number of Topliss-reactive ketones (excluding diaryl/α,β-unsaturated/α-hetero) is 1. The summed E-state index contributed by atoms with van der Waals surface area (Å²) in [6.45, 7) is 0. The van der Waals surface area contributed by atoms with E-state index in [-0.39, 0.29) is 22.6 Å². The average molecular weight is 445 g/mol. The normalized spacial score (nSPS) is 17.2. The van der Waals surface area contributed by atoms with E-state index in [1.54, 1.807) is 30.3 Å². The highest BCUT2D eigenvalue weighted by molar-refractivity contribution is 6.51. The zero-order valence-corrected chi connectivity index (χ0v) is 16.8. The van der Waals surface area contributed by atoms with Gasteiger partial charge in [-0.05, 0) is 29.8 Å². The third-order valence-electron chi connectivity index (χ3n) is 5.25. The van der Waals surface area contributed by atoms with E-state index < -0.39 is 33.3 Å². The lowest BCUT2D eigenvalue weighted by atomic mass is 9.95. The zero-order valence-electron chi connectivity index (χ0n) is 16.8. The summed E-state index contributed by atoms with van der Waals surface area (Å²) in [6.07, 6.45) is 0. The Morgan fingerprint density at radius 2 is 1.30 bits per heavy atom. The summed E-state index contributed by atoms with van der Waals surface area (Å²) in [5.74, 6) is -2.29. The van der Waals surface area contributed by atoms with Gasteiger partial charge in [0.15, 0.2) is 0 Å². The highest BCUT2D eigenvalue weighted by atomic mass is 16.6. The van der Waals surface area contributed by atoms with Crippen molar-refractivity contribution in [2.45, 2.75) is 6.04 Å². The van der Waals surface area contributed by atoms with Gasteiger partial charge in [-0.15, -0.1) is 0 Å². The maximum atomic E-state index is 13.0. The van der Waals surface area contributed by atoms with Crippen molar-refractivity contribution in [1.82, 2.24) is 0 Å². The van der Waals surface area contributed by atoms with Crippen LogP contribution in [0.1, 0.15) is 17.2 Å². The van der Waals surface area contributed by atoms with Crippen LogP contribution < -0.4 is 4.90 Å². The van der Waals surface area contributed by atoms with Crippen molar-refractivity contribution in [3.63, 3.8) is 0 Å². The summed E-state index contributed by atoms with van der Waals surface area (Å²) < 4.78 is 0. The van der Waals surface area contributed by atoms with E-state index >= 15 is 0 Å². The number of amides is 1. The molecule has 1 heterocycles. The van der Waals surface area contributed by atoms with E-state index in [2.05, 4.69) is 0 Å². The van der Waals surface area contributed by atoms with Gasteiger partial charge in [0, 0.05) is 35.5 Å². The predicted octanol–water partition coefficient (Wildman–Crippen LogP) is 4.13. The Balaban J connectivity index is 1.91. The minimum absolute atomic E-state index is 0.186. The number of hydrogen-bond donors (Lipinski definition) is 1. The van der Waals surface area contributed by atoms with Gasteiger partial charge in [0.1, 0.15) is 5.76 Å². The molecule has 3 aromatic carbocycles. The summed E-state index contributed by atoms with van der Waals surface area (Å²) in [4.78, 5) is 48.0. The highest BCUT2D eigenvalue weighted by Crippen LogP contribution is 2.42. The van der Waals surface area contributed by atoms with Crippen LogP contribution in [-0.4, -0.2) is 26.6 Å². The molecule has 1 fully saturated rings. The third-order valence-corrected chi connectivity index (χ3v) is 5.25. The van der Waals surface area contributed by atoms with Crippen LogP contribution in [0.15, 0.2) is 84.4 Å². The van der Waals surface area contributed by atoms with Crippen molar-refractivity contribution in [3.05, 3.63) is 116 Å². The number of nitrogens with zero attached hydrogens (tertiary/aromatic N) is 3. The molecule has 164 valence electrons. The number of ketones is 1. The number of rotatable bonds is 5. The van der Waals surface area contributed by atoms with Crippen molar-refractivity contribution in [2.75, 3.05) is 4.90 Å². The topological polar surface area (TPSA) is 144 Å². The van der Waals surface area contributed by atoms with Crippen LogP contribution in [0.4, 0.5) is 17.1 Å². The molecule has 4 rings (SSSR count). The Bertz CT molecular complexity index is 1300. The second-order valence-electron chi connectivity index (χ2n) is 7.16. The predicted molar refractivity (Wildman–Crippen MR) is 117 cm³/mol. The SMILES string of the molecule is O=C1C(=O)N(c2ccc([N+](=O)[O-])cc2)[C@H](c2ccc([N+](=O)[O-])cc2)/C1=C(\O)c1ccccc1. The van der Waals surface area contributed by atoms with Gasteiger partial charge in [-0.25, -0.2) is 0 Å². The summed E-state index contributed by atoms with van der Waals surface area (Å²) >= 11 is 0. The molecule has 3 aromatic rings. The van der Waals surface area contributed by atoms with Crippen LogP contribution in [0.25, 0.3) is 5.76 Å². The standard InChI is InChI=1S/C23H15N3O7/c27-21(15-4-2-1-3-5-15)19-20(14-6-8-17(9-7-14)25(30)31)24(23(29)22(19)28)16-10-12-18(13-11-16)26(32)33/h1-13,20,27H/b21-19+/t20-/m1/s1. The summed E-state index contributed by atoms with van der Waals surface area (Å²) in [7, 11) is 0. The Labute approximate surface area is 186 Å². The van der Waals surface area contributed by atoms with Crippen LogP contribution in [0.3, 0.4) is 0 Å². The number of nitro groups is 2. The first-order valence-corrected chi connectivity index (χ1v) is 9.65. The van der Waals surface area contributed by atoms with Gasteiger partial charge in [-0.3, -0.25) is 34.7 Å². The fourth-order valence-corrected chi connectivity index (χ4v) is 3.68. The Morgan fingerprint density at radius 1 is 0.788 bits per heavy atom. The van der Waals surface area contributed by atoms with E-state index in [1.807, 2.05) is 0 Å². The first-order chi connectivity index (χ1) is 15.8. The van der Waals surface area contributed by atoms with Gasteiger partial charge >= 0.3 is 0 Å². The van der Waals surface area contributed by atoms with Crippen LogP contribution in [0.5, 0.6) is 0 Å². The molecule has 0 spiro atoms. The van der Waals surface area contributed by atoms with Gasteiger partial charge in [-0.2, -0.15) is 0 Å². The molecule has 1 aliphatic heterocycles. The van der Waals surface area contributed by atoms with Crippen LogP contribution in [-0.2, 0) is 9.59 Å². The smallest absolute Gasteiger partial charge is 0.300 e. The molecule has 1 aliphatic rings. The number of hydrogen-bond acceptors (Lipinski definition) is 7. The lowest BCUT2D eigenvalue weighted by molar-refractivity contribution is -0.385. The number of aliphatic hydroxyl groups excluding tert-OH is 1. The molecular weight excluding hydrogens is 430 g/mol. The van der Waals surface area contributed by atoms with E-state index in [9.17, 15) is 34.9 Å². The molecule has 0 bridgehead atoms. The van der Waals surface area contributed by atoms with Crippen LogP contribution in [0.2, 0.25) is 0 Å². The quantitative estimate of drug-likeness (QED) is 0.204. The maximum absolute atomic E-state index is 13.0. The van der Waals surface area contributed by atoms with E-state index in [0.717, 1.165) is 4.90 Å². The Hall–Kier alpha value is -4.86. The molecule has 1 atom stereocenters. The van der Waals surface area contributed by atoms with E-state index in [4.69, 9.17) is 0 Å².